The Morgan fingerprint density at radius 1 is 1.53 bits per heavy atom. The van der Waals surface area contributed by atoms with Gasteiger partial charge in [-0.25, -0.2) is 9.97 Å². The van der Waals surface area contributed by atoms with Crippen LogP contribution < -0.4 is 4.90 Å². The Hall–Kier alpha value is -0.910. The van der Waals surface area contributed by atoms with E-state index in [2.05, 4.69) is 9.97 Å². The van der Waals surface area contributed by atoms with E-state index in [4.69, 9.17) is 23.2 Å². The number of aromatic nitrogens is 2. The van der Waals surface area contributed by atoms with Crippen molar-refractivity contribution in [3.8, 4) is 0 Å². The van der Waals surface area contributed by atoms with Crippen molar-refractivity contribution in [1.29, 1.82) is 0 Å². The molecule has 1 aromatic rings. The fourth-order valence-corrected chi connectivity index (χ4v) is 1.83. The van der Waals surface area contributed by atoms with Crippen LogP contribution >= 0.6 is 23.2 Å². The molecule has 0 spiro atoms. The van der Waals surface area contributed by atoms with Crippen molar-refractivity contribution in [2.75, 3.05) is 11.4 Å². The highest BCUT2D eigenvalue weighted by atomic mass is 35.5. The maximum Gasteiger partial charge on any atom is 0.230 e. The van der Waals surface area contributed by atoms with E-state index < -0.39 is 6.10 Å². The average Bonchev–Trinajstić information content (AvgIpc) is 2.45. The summed E-state index contributed by atoms with van der Waals surface area (Å²) in [5, 5.41) is 9.52. The van der Waals surface area contributed by atoms with Crippen LogP contribution in [-0.4, -0.2) is 33.6 Å². The standard InChI is InChI=1S/C8H7Cl2N3O2/c9-5-2-11-8(7(10)12-5)13-3-4(14)1-6(13)15/h2,4,14H,1,3H2. The van der Waals surface area contributed by atoms with Gasteiger partial charge in [0.1, 0.15) is 5.15 Å². The van der Waals surface area contributed by atoms with Gasteiger partial charge in [-0.15, -0.1) is 0 Å². The molecule has 0 aliphatic carbocycles. The summed E-state index contributed by atoms with van der Waals surface area (Å²) >= 11 is 11.4. The first-order chi connectivity index (χ1) is 7.08. The van der Waals surface area contributed by atoms with Crippen molar-refractivity contribution < 1.29 is 9.90 Å². The Morgan fingerprint density at radius 3 is 2.80 bits per heavy atom. The number of aliphatic hydroxyl groups excluding tert-OH is 1. The van der Waals surface area contributed by atoms with E-state index >= 15 is 0 Å². The van der Waals surface area contributed by atoms with Crippen molar-refractivity contribution in [1.82, 2.24) is 9.97 Å². The molecule has 7 heteroatoms. The third-order valence-electron chi connectivity index (χ3n) is 2.04. The number of carbonyl (C=O) groups is 1. The third kappa shape index (κ3) is 2.04. The molecule has 80 valence electrons. The molecule has 2 rings (SSSR count). The molecular weight excluding hydrogens is 241 g/mol. The minimum absolute atomic E-state index is 0.0601. The zero-order valence-corrected chi connectivity index (χ0v) is 9.03. The molecule has 1 unspecified atom stereocenters. The number of aliphatic hydroxyl groups is 1. The highest BCUT2D eigenvalue weighted by Gasteiger charge is 2.31. The van der Waals surface area contributed by atoms with Gasteiger partial charge in [0.15, 0.2) is 11.0 Å². The predicted molar refractivity (Wildman–Crippen MR) is 55.0 cm³/mol. The van der Waals surface area contributed by atoms with Crippen molar-refractivity contribution >= 4 is 34.9 Å². The Balaban J connectivity index is 2.34. The predicted octanol–water partition coefficient (Wildman–Crippen LogP) is 0.881. The van der Waals surface area contributed by atoms with E-state index in [1.165, 1.54) is 11.1 Å². The fourth-order valence-electron chi connectivity index (χ4n) is 1.41. The summed E-state index contributed by atoms with van der Waals surface area (Å²) in [6.45, 7) is 0.189. The molecule has 0 bridgehead atoms. The molecule has 15 heavy (non-hydrogen) atoms. The maximum absolute atomic E-state index is 11.4. The molecule has 2 heterocycles. The fraction of sp³-hybridized carbons (Fsp3) is 0.375. The molecule has 1 aromatic heterocycles. The van der Waals surface area contributed by atoms with Gasteiger partial charge in [-0.05, 0) is 0 Å². The molecule has 1 saturated heterocycles. The lowest BCUT2D eigenvalue weighted by atomic mass is 10.3. The number of halogens is 2. The zero-order valence-electron chi connectivity index (χ0n) is 7.52. The molecule has 0 radical (unpaired) electrons. The Morgan fingerprint density at radius 2 is 2.27 bits per heavy atom. The molecule has 1 N–H and O–H groups in total. The molecule has 1 fully saturated rings. The van der Waals surface area contributed by atoms with Crippen molar-refractivity contribution in [3.05, 3.63) is 16.5 Å². The van der Waals surface area contributed by atoms with Gasteiger partial charge in [-0.3, -0.25) is 9.69 Å². The number of hydrogen-bond donors (Lipinski definition) is 1. The summed E-state index contributed by atoms with van der Waals surface area (Å²) in [5.74, 6) is 0.0173. The van der Waals surface area contributed by atoms with Crippen LogP contribution in [0.5, 0.6) is 0 Å². The lowest BCUT2D eigenvalue weighted by Gasteiger charge is -2.14. The van der Waals surface area contributed by atoms with Gasteiger partial charge in [-0.2, -0.15) is 0 Å². The number of anilines is 1. The summed E-state index contributed by atoms with van der Waals surface area (Å²) in [7, 11) is 0. The Bertz CT molecular complexity index is 413. The van der Waals surface area contributed by atoms with E-state index in [0.29, 0.717) is 0 Å². The second kappa shape index (κ2) is 3.92. The van der Waals surface area contributed by atoms with Gasteiger partial charge in [-0.1, -0.05) is 23.2 Å². The summed E-state index contributed by atoms with van der Waals surface area (Å²) in [6, 6.07) is 0. The van der Waals surface area contributed by atoms with E-state index in [1.807, 2.05) is 0 Å². The number of carbonyl (C=O) groups excluding carboxylic acids is 1. The van der Waals surface area contributed by atoms with E-state index in [9.17, 15) is 9.90 Å². The van der Waals surface area contributed by atoms with Crippen LogP contribution in [0.4, 0.5) is 5.82 Å². The first-order valence-electron chi connectivity index (χ1n) is 4.24. The topological polar surface area (TPSA) is 66.3 Å². The molecule has 0 saturated carbocycles. The number of nitrogens with zero attached hydrogens (tertiary/aromatic N) is 3. The minimum Gasteiger partial charge on any atom is -0.391 e. The second-order valence-electron chi connectivity index (χ2n) is 3.17. The molecule has 1 atom stereocenters. The van der Waals surface area contributed by atoms with E-state index in [1.54, 1.807) is 0 Å². The summed E-state index contributed by atoms with van der Waals surface area (Å²) in [5.41, 5.74) is 0. The van der Waals surface area contributed by atoms with Gasteiger partial charge >= 0.3 is 0 Å². The van der Waals surface area contributed by atoms with Gasteiger partial charge < -0.3 is 5.11 Å². The molecule has 1 aliphatic heterocycles. The molecular formula is C8H7Cl2N3O2. The molecule has 1 aliphatic rings. The van der Waals surface area contributed by atoms with Crippen LogP contribution in [0.15, 0.2) is 6.20 Å². The first kappa shape index (κ1) is 10.6. The quantitative estimate of drug-likeness (QED) is 0.801. The van der Waals surface area contributed by atoms with Gasteiger partial charge in [0.2, 0.25) is 5.91 Å². The van der Waals surface area contributed by atoms with Crippen LogP contribution in [0.3, 0.4) is 0 Å². The largest absolute Gasteiger partial charge is 0.391 e. The number of amides is 1. The SMILES string of the molecule is O=C1CC(O)CN1c1ncc(Cl)nc1Cl. The molecule has 0 aromatic carbocycles. The number of hydrogen-bond acceptors (Lipinski definition) is 4. The van der Waals surface area contributed by atoms with E-state index in [0.717, 1.165) is 0 Å². The zero-order chi connectivity index (χ0) is 11.0. The summed E-state index contributed by atoms with van der Waals surface area (Å²) in [4.78, 5) is 20.4. The molecule has 5 nitrogen and oxygen atoms in total. The number of β-amino-alcohol motifs (C(OH)–C–C–N with tert-alkyl or cyclic N) is 1. The highest BCUT2D eigenvalue weighted by molar-refractivity contribution is 6.34. The lowest BCUT2D eigenvalue weighted by Crippen LogP contribution is -2.26. The average molecular weight is 248 g/mol. The second-order valence-corrected chi connectivity index (χ2v) is 3.91. The van der Waals surface area contributed by atoms with Crippen LogP contribution in [0.25, 0.3) is 0 Å². The smallest absolute Gasteiger partial charge is 0.230 e. The Kier molecular flexibility index (Phi) is 2.77. The van der Waals surface area contributed by atoms with Crippen molar-refractivity contribution in [3.63, 3.8) is 0 Å². The summed E-state index contributed by atoms with van der Waals surface area (Å²) < 4.78 is 0. The normalized spacial score (nSPS) is 21.1. The van der Waals surface area contributed by atoms with Crippen LogP contribution in [0.2, 0.25) is 10.3 Å². The van der Waals surface area contributed by atoms with Crippen LogP contribution in [0.1, 0.15) is 6.42 Å². The molecule has 1 amide bonds. The monoisotopic (exact) mass is 247 g/mol. The Labute approximate surface area is 95.6 Å². The maximum atomic E-state index is 11.4. The van der Waals surface area contributed by atoms with Crippen molar-refractivity contribution in [2.24, 2.45) is 0 Å². The van der Waals surface area contributed by atoms with Gasteiger partial charge in [0.05, 0.1) is 25.3 Å². The van der Waals surface area contributed by atoms with Gasteiger partial charge in [0.25, 0.3) is 0 Å². The number of rotatable bonds is 1. The van der Waals surface area contributed by atoms with E-state index in [-0.39, 0.29) is 35.0 Å². The van der Waals surface area contributed by atoms with Crippen LogP contribution in [0, 0.1) is 0 Å². The van der Waals surface area contributed by atoms with Crippen LogP contribution in [-0.2, 0) is 4.79 Å². The highest BCUT2D eigenvalue weighted by Crippen LogP contribution is 2.26. The summed E-state index contributed by atoms with van der Waals surface area (Å²) in [6.07, 6.45) is 0.715. The van der Waals surface area contributed by atoms with Gasteiger partial charge in [0, 0.05) is 0 Å². The lowest BCUT2D eigenvalue weighted by molar-refractivity contribution is -0.117. The minimum atomic E-state index is -0.675. The van der Waals surface area contributed by atoms with Crippen molar-refractivity contribution in [2.45, 2.75) is 12.5 Å². The first-order valence-corrected chi connectivity index (χ1v) is 5.00. The third-order valence-corrected chi connectivity index (χ3v) is 2.48.